The predicted molar refractivity (Wildman–Crippen MR) is 69.2 cm³/mol. The van der Waals surface area contributed by atoms with Crippen molar-refractivity contribution in [1.82, 2.24) is 15.1 Å². The van der Waals surface area contributed by atoms with Crippen LogP contribution in [0.1, 0.15) is 26.2 Å². The molecule has 2 aliphatic heterocycles. The standard InChI is InChI=1S/C13H24F3N3/c1-2-18-7-3-5-11(18)10-19-8-4-6-17-9-12(19)13(14,15)16/h11-12,17H,2-10H2,1H3. The van der Waals surface area contributed by atoms with Gasteiger partial charge in [0.05, 0.1) is 0 Å². The second-order valence-corrected chi connectivity index (χ2v) is 5.53. The first-order valence-corrected chi connectivity index (χ1v) is 7.28. The summed E-state index contributed by atoms with van der Waals surface area (Å²) in [7, 11) is 0. The molecule has 2 aliphatic rings. The van der Waals surface area contributed by atoms with Gasteiger partial charge in [-0.15, -0.1) is 0 Å². The quantitative estimate of drug-likeness (QED) is 0.848. The highest BCUT2D eigenvalue weighted by Gasteiger charge is 2.44. The van der Waals surface area contributed by atoms with Gasteiger partial charge in [0, 0.05) is 25.7 Å². The van der Waals surface area contributed by atoms with Gasteiger partial charge in [0.1, 0.15) is 6.04 Å². The first-order valence-electron chi connectivity index (χ1n) is 7.28. The van der Waals surface area contributed by atoms with E-state index in [1.807, 2.05) is 0 Å². The van der Waals surface area contributed by atoms with Gasteiger partial charge >= 0.3 is 6.18 Å². The van der Waals surface area contributed by atoms with Crippen molar-refractivity contribution in [2.75, 3.05) is 39.3 Å². The Morgan fingerprint density at radius 1 is 1.16 bits per heavy atom. The maximum atomic E-state index is 13.1. The smallest absolute Gasteiger partial charge is 0.315 e. The van der Waals surface area contributed by atoms with Gasteiger partial charge in [-0.2, -0.15) is 13.2 Å². The Kier molecular flexibility index (Phi) is 5.09. The second-order valence-electron chi connectivity index (χ2n) is 5.53. The molecule has 2 rings (SSSR count). The molecule has 112 valence electrons. The molecule has 0 aromatic heterocycles. The van der Waals surface area contributed by atoms with Crippen LogP contribution in [0.15, 0.2) is 0 Å². The first kappa shape index (κ1) is 15.1. The molecular formula is C13H24F3N3. The molecule has 3 nitrogen and oxygen atoms in total. The number of likely N-dealkylation sites (N-methyl/N-ethyl adjacent to an activating group) is 1. The summed E-state index contributed by atoms with van der Waals surface area (Å²) in [5.41, 5.74) is 0. The molecule has 2 unspecified atom stereocenters. The summed E-state index contributed by atoms with van der Waals surface area (Å²) in [6, 6.07) is -1.03. The third-order valence-corrected chi connectivity index (χ3v) is 4.31. The summed E-state index contributed by atoms with van der Waals surface area (Å²) < 4.78 is 39.4. The molecule has 0 aromatic carbocycles. The molecule has 1 N–H and O–H groups in total. The summed E-state index contributed by atoms with van der Waals surface area (Å²) >= 11 is 0. The van der Waals surface area contributed by atoms with Crippen LogP contribution in [0.5, 0.6) is 0 Å². The summed E-state index contributed by atoms with van der Waals surface area (Å²) in [4.78, 5) is 3.96. The largest absolute Gasteiger partial charge is 0.405 e. The maximum absolute atomic E-state index is 13.1. The van der Waals surface area contributed by atoms with Gasteiger partial charge in [0.15, 0.2) is 0 Å². The van der Waals surface area contributed by atoms with E-state index < -0.39 is 12.2 Å². The van der Waals surface area contributed by atoms with E-state index in [0.29, 0.717) is 25.7 Å². The van der Waals surface area contributed by atoms with Crippen LogP contribution in [0.4, 0.5) is 13.2 Å². The first-order chi connectivity index (χ1) is 9.02. The number of hydrogen-bond donors (Lipinski definition) is 1. The lowest BCUT2D eigenvalue weighted by molar-refractivity contribution is -0.182. The fraction of sp³-hybridized carbons (Fsp3) is 1.00. The van der Waals surface area contributed by atoms with Crippen LogP contribution in [0.3, 0.4) is 0 Å². The molecule has 6 heteroatoms. The predicted octanol–water partition coefficient (Wildman–Crippen LogP) is 1.70. The van der Waals surface area contributed by atoms with Crippen LogP contribution < -0.4 is 5.32 Å². The minimum Gasteiger partial charge on any atom is -0.315 e. The van der Waals surface area contributed by atoms with E-state index in [1.54, 1.807) is 4.90 Å². The van der Waals surface area contributed by atoms with Crippen LogP contribution in [-0.4, -0.2) is 67.3 Å². The molecule has 2 saturated heterocycles. The third kappa shape index (κ3) is 3.83. The summed E-state index contributed by atoms with van der Waals surface area (Å²) in [5.74, 6) is 0. The van der Waals surface area contributed by atoms with E-state index in [0.717, 1.165) is 32.4 Å². The minimum atomic E-state index is -4.13. The molecule has 0 bridgehead atoms. The van der Waals surface area contributed by atoms with Gasteiger partial charge in [-0.1, -0.05) is 6.92 Å². The lowest BCUT2D eigenvalue weighted by Gasteiger charge is -2.35. The average molecular weight is 279 g/mol. The molecule has 0 aromatic rings. The van der Waals surface area contributed by atoms with Gasteiger partial charge in [-0.05, 0) is 38.9 Å². The van der Waals surface area contributed by atoms with Gasteiger partial charge in [0.2, 0.25) is 0 Å². The highest BCUT2D eigenvalue weighted by molar-refractivity contribution is 4.88. The second kappa shape index (κ2) is 6.41. The van der Waals surface area contributed by atoms with Crippen LogP contribution in [0.25, 0.3) is 0 Å². The number of likely N-dealkylation sites (tertiary alicyclic amines) is 1. The van der Waals surface area contributed by atoms with Crippen LogP contribution in [0.2, 0.25) is 0 Å². The van der Waals surface area contributed by atoms with Crippen molar-refractivity contribution in [2.45, 2.75) is 44.4 Å². The van der Waals surface area contributed by atoms with Crippen molar-refractivity contribution in [3.63, 3.8) is 0 Å². The number of rotatable bonds is 3. The minimum absolute atomic E-state index is 0.0301. The monoisotopic (exact) mass is 279 g/mol. The average Bonchev–Trinajstić information content (AvgIpc) is 2.64. The SMILES string of the molecule is CCN1CCCC1CN1CCCNCC1C(F)(F)F. The summed E-state index contributed by atoms with van der Waals surface area (Å²) in [5, 5.41) is 2.91. The van der Waals surface area contributed by atoms with Crippen molar-refractivity contribution in [2.24, 2.45) is 0 Å². The number of hydrogen-bond acceptors (Lipinski definition) is 3. The van der Waals surface area contributed by atoms with E-state index in [9.17, 15) is 13.2 Å². The number of halogens is 3. The number of nitrogens with zero attached hydrogens (tertiary/aromatic N) is 2. The van der Waals surface area contributed by atoms with Crippen LogP contribution in [-0.2, 0) is 0 Å². The highest BCUT2D eigenvalue weighted by Crippen LogP contribution is 2.27. The molecule has 2 heterocycles. The van der Waals surface area contributed by atoms with E-state index in [4.69, 9.17) is 0 Å². The fourth-order valence-corrected chi connectivity index (χ4v) is 3.26. The topological polar surface area (TPSA) is 18.5 Å². The number of alkyl halides is 3. The maximum Gasteiger partial charge on any atom is 0.405 e. The van der Waals surface area contributed by atoms with Gasteiger partial charge in [0.25, 0.3) is 0 Å². The fourth-order valence-electron chi connectivity index (χ4n) is 3.26. The Hall–Kier alpha value is -0.330. The zero-order chi connectivity index (χ0) is 13.9. The normalized spacial score (nSPS) is 31.6. The lowest BCUT2D eigenvalue weighted by atomic mass is 10.1. The molecule has 19 heavy (non-hydrogen) atoms. The van der Waals surface area contributed by atoms with E-state index >= 15 is 0 Å². The zero-order valence-corrected chi connectivity index (χ0v) is 11.5. The Morgan fingerprint density at radius 3 is 2.58 bits per heavy atom. The van der Waals surface area contributed by atoms with Crippen LogP contribution >= 0.6 is 0 Å². The van der Waals surface area contributed by atoms with E-state index in [1.165, 1.54) is 0 Å². The van der Waals surface area contributed by atoms with Crippen molar-refractivity contribution in [3.8, 4) is 0 Å². The van der Waals surface area contributed by atoms with Crippen LogP contribution in [0, 0.1) is 0 Å². The Balaban J connectivity index is 2.01. The van der Waals surface area contributed by atoms with Gasteiger partial charge in [-0.25, -0.2) is 0 Å². The zero-order valence-electron chi connectivity index (χ0n) is 11.5. The van der Waals surface area contributed by atoms with Crippen molar-refractivity contribution < 1.29 is 13.2 Å². The van der Waals surface area contributed by atoms with Gasteiger partial charge < -0.3 is 5.32 Å². The highest BCUT2D eigenvalue weighted by atomic mass is 19.4. The molecular weight excluding hydrogens is 255 g/mol. The number of nitrogens with one attached hydrogen (secondary N) is 1. The molecule has 0 radical (unpaired) electrons. The lowest BCUT2D eigenvalue weighted by Crippen LogP contribution is -2.53. The molecule has 0 saturated carbocycles. The van der Waals surface area contributed by atoms with Crippen molar-refractivity contribution in [1.29, 1.82) is 0 Å². The Bertz CT molecular complexity index is 283. The molecule has 2 atom stereocenters. The Labute approximate surface area is 113 Å². The van der Waals surface area contributed by atoms with E-state index in [-0.39, 0.29) is 6.54 Å². The molecule has 0 aliphatic carbocycles. The van der Waals surface area contributed by atoms with E-state index in [2.05, 4.69) is 17.1 Å². The molecule has 0 spiro atoms. The molecule has 2 fully saturated rings. The summed E-state index contributed by atoms with van der Waals surface area (Å²) in [6.45, 7) is 5.87. The molecule has 0 amide bonds. The van der Waals surface area contributed by atoms with Crippen molar-refractivity contribution >= 4 is 0 Å². The Morgan fingerprint density at radius 2 is 1.89 bits per heavy atom. The van der Waals surface area contributed by atoms with Gasteiger partial charge in [-0.3, -0.25) is 9.80 Å². The summed E-state index contributed by atoms with van der Waals surface area (Å²) in [6.07, 6.45) is -1.19. The van der Waals surface area contributed by atoms with Crippen molar-refractivity contribution in [3.05, 3.63) is 0 Å². The third-order valence-electron chi connectivity index (χ3n) is 4.31.